The Morgan fingerprint density at radius 1 is 0.806 bits per heavy atom. The average molecular weight is 453 g/mol. The van der Waals surface area contributed by atoms with Crippen molar-refractivity contribution in [1.29, 1.82) is 0 Å². The maximum absolute atomic E-state index is 13.6. The van der Waals surface area contributed by atoms with E-state index < -0.39 is 33.6 Å². The molecule has 3 rings (SSSR count). The molecule has 0 aliphatic carbocycles. The van der Waals surface area contributed by atoms with Crippen molar-refractivity contribution in [3.63, 3.8) is 0 Å². The first-order chi connectivity index (χ1) is 14.5. The molecule has 11 heteroatoms. The number of urea groups is 1. The van der Waals surface area contributed by atoms with Gasteiger partial charge in [-0.25, -0.2) is 17.6 Å². The van der Waals surface area contributed by atoms with E-state index in [0.29, 0.717) is 6.07 Å². The molecule has 2 amide bonds. The summed E-state index contributed by atoms with van der Waals surface area (Å²) in [7, 11) is -4.17. The second-order valence-electron chi connectivity index (χ2n) is 6.27. The molecule has 0 heterocycles. The highest BCUT2D eigenvalue weighted by atomic mass is 32.2. The van der Waals surface area contributed by atoms with Gasteiger partial charge in [0.1, 0.15) is 5.82 Å². The van der Waals surface area contributed by atoms with Crippen molar-refractivity contribution >= 4 is 33.1 Å². The maximum atomic E-state index is 13.6. The van der Waals surface area contributed by atoms with Gasteiger partial charge in [0.25, 0.3) is 10.0 Å². The Morgan fingerprint density at radius 2 is 1.48 bits per heavy atom. The second kappa shape index (κ2) is 8.64. The molecule has 3 aromatic rings. The molecule has 162 valence electrons. The van der Waals surface area contributed by atoms with Crippen LogP contribution >= 0.6 is 0 Å². The predicted molar refractivity (Wildman–Crippen MR) is 108 cm³/mol. The number of para-hydroxylation sites is 1. The van der Waals surface area contributed by atoms with Crippen LogP contribution in [0.3, 0.4) is 0 Å². The number of carbonyl (C=O) groups is 1. The van der Waals surface area contributed by atoms with Crippen molar-refractivity contribution in [1.82, 2.24) is 0 Å². The van der Waals surface area contributed by atoms with Gasteiger partial charge in [-0.1, -0.05) is 18.2 Å². The highest BCUT2D eigenvalue weighted by Gasteiger charge is 2.30. The van der Waals surface area contributed by atoms with Crippen molar-refractivity contribution in [2.75, 3.05) is 15.4 Å². The summed E-state index contributed by atoms with van der Waals surface area (Å²) < 4.78 is 78.9. The van der Waals surface area contributed by atoms with Gasteiger partial charge in [-0.05, 0) is 54.6 Å². The first kappa shape index (κ1) is 22.1. The molecule has 0 saturated carbocycles. The lowest BCUT2D eigenvalue weighted by Crippen LogP contribution is -2.20. The van der Waals surface area contributed by atoms with E-state index >= 15 is 0 Å². The van der Waals surface area contributed by atoms with E-state index in [1.165, 1.54) is 42.5 Å². The summed E-state index contributed by atoms with van der Waals surface area (Å²) in [6.07, 6.45) is -4.61. The van der Waals surface area contributed by atoms with Crippen molar-refractivity contribution < 1.29 is 30.8 Å². The third kappa shape index (κ3) is 5.72. The number of rotatable bonds is 5. The van der Waals surface area contributed by atoms with Gasteiger partial charge in [-0.2, -0.15) is 13.2 Å². The summed E-state index contributed by atoms with van der Waals surface area (Å²) in [4.78, 5) is 11.7. The number of nitrogens with one attached hydrogen (secondary N) is 3. The number of benzene rings is 3. The van der Waals surface area contributed by atoms with Gasteiger partial charge in [0, 0.05) is 11.4 Å². The van der Waals surface area contributed by atoms with E-state index in [1.54, 1.807) is 0 Å². The Morgan fingerprint density at radius 3 is 2.13 bits per heavy atom. The average Bonchev–Trinajstić information content (AvgIpc) is 2.69. The number of hydrogen-bond donors (Lipinski definition) is 3. The molecule has 0 atom stereocenters. The molecule has 31 heavy (non-hydrogen) atoms. The van der Waals surface area contributed by atoms with Crippen molar-refractivity contribution in [3.8, 4) is 0 Å². The molecule has 0 aliphatic heterocycles. The van der Waals surface area contributed by atoms with E-state index in [1.807, 2.05) is 0 Å². The van der Waals surface area contributed by atoms with Gasteiger partial charge >= 0.3 is 12.2 Å². The highest BCUT2D eigenvalue weighted by molar-refractivity contribution is 7.92. The van der Waals surface area contributed by atoms with Crippen LogP contribution in [0.2, 0.25) is 0 Å². The first-order valence-corrected chi connectivity index (χ1v) is 10.2. The highest BCUT2D eigenvalue weighted by Crippen LogP contribution is 2.31. The topological polar surface area (TPSA) is 87.3 Å². The molecular weight excluding hydrogens is 438 g/mol. The number of halogens is 4. The zero-order chi connectivity index (χ0) is 22.6. The number of carbonyl (C=O) groups excluding carboxylic acids is 1. The number of anilines is 3. The number of alkyl halides is 3. The summed E-state index contributed by atoms with van der Waals surface area (Å²) in [5.41, 5.74) is -1.06. The molecule has 0 aromatic heterocycles. The molecule has 0 unspecified atom stereocenters. The molecule has 6 nitrogen and oxygen atoms in total. The largest absolute Gasteiger partial charge is 0.416 e. The van der Waals surface area contributed by atoms with Crippen LogP contribution in [0.15, 0.2) is 77.7 Å². The van der Waals surface area contributed by atoms with Gasteiger partial charge in [-0.15, -0.1) is 0 Å². The van der Waals surface area contributed by atoms with Crippen molar-refractivity contribution in [3.05, 3.63) is 84.2 Å². The van der Waals surface area contributed by atoms with Gasteiger partial charge < -0.3 is 10.6 Å². The second-order valence-corrected chi connectivity index (χ2v) is 7.95. The quantitative estimate of drug-likeness (QED) is 0.459. The predicted octanol–water partition coefficient (Wildman–Crippen LogP) is 5.29. The zero-order valence-electron chi connectivity index (χ0n) is 15.6. The number of amides is 2. The summed E-state index contributed by atoms with van der Waals surface area (Å²) in [6, 6.07) is 13.5. The minimum absolute atomic E-state index is 0.0375. The molecule has 0 aliphatic rings. The molecule has 3 N–H and O–H groups in total. The van der Waals surface area contributed by atoms with E-state index in [4.69, 9.17) is 0 Å². The summed E-state index contributed by atoms with van der Waals surface area (Å²) in [5.74, 6) is -0.625. The molecule has 0 bridgehead atoms. The van der Waals surface area contributed by atoms with Crippen LogP contribution in [0.4, 0.5) is 39.4 Å². The van der Waals surface area contributed by atoms with Gasteiger partial charge in [0.15, 0.2) is 0 Å². The normalized spacial score (nSPS) is 11.6. The maximum Gasteiger partial charge on any atom is 0.416 e. The summed E-state index contributed by atoms with van der Waals surface area (Å²) in [5, 5.41) is 4.72. The van der Waals surface area contributed by atoms with Gasteiger partial charge in [-0.3, -0.25) is 4.72 Å². The van der Waals surface area contributed by atoms with Crippen LogP contribution in [-0.2, 0) is 16.2 Å². The van der Waals surface area contributed by atoms with E-state index in [-0.39, 0.29) is 22.0 Å². The van der Waals surface area contributed by atoms with Crippen LogP contribution in [0.5, 0.6) is 0 Å². The van der Waals surface area contributed by atoms with E-state index in [9.17, 15) is 30.8 Å². The lowest BCUT2D eigenvalue weighted by Gasteiger charge is -2.12. The Kier molecular flexibility index (Phi) is 6.16. The standard InChI is InChI=1S/C20H15F4N3O3S/c21-17-6-1-2-7-18(17)26-19(28)25-14-8-10-16(11-9-14)31(29,30)27-15-5-3-4-13(12-15)20(22,23)24/h1-12,27H,(H2,25,26,28). The molecule has 0 radical (unpaired) electrons. The van der Waals surface area contributed by atoms with E-state index in [0.717, 1.165) is 24.3 Å². The minimum atomic E-state index is -4.61. The fourth-order valence-corrected chi connectivity index (χ4v) is 3.59. The Hall–Kier alpha value is -3.60. The zero-order valence-corrected chi connectivity index (χ0v) is 16.4. The Labute approximate surface area is 175 Å². The smallest absolute Gasteiger partial charge is 0.308 e. The Balaban J connectivity index is 1.69. The third-order valence-corrected chi connectivity index (χ3v) is 5.38. The van der Waals surface area contributed by atoms with Gasteiger partial charge in [0.2, 0.25) is 0 Å². The summed E-state index contributed by atoms with van der Waals surface area (Å²) in [6.45, 7) is 0. The lowest BCUT2D eigenvalue weighted by atomic mass is 10.2. The first-order valence-electron chi connectivity index (χ1n) is 8.67. The molecule has 0 fully saturated rings. The number of hydrogen-bond acceptors (Lipinski definition) is 3. The minimum Gasteiger partial charge on any atom is -0.308 e. The Bertz CT molecular complexity index is 1200. The summed E-state index contributed by atoms with van der Waals surface area (Å²) >= 11 is 0. The van der Waals surface area contributed by atoms with Crippen molar-refractivity contribution in [2.45, 2.75) is 11.1 Å². The lowest BCUT2D eigenvalue weighted by molar-refractivity contribution is -0.137. The molecule has 3 aromatic carbocycles. The van der Waals surface area contributed by atoms with Crippen LogP contribution in [0, 0.1) is 5.82 Å². The van der Waals surface area contributed by atoms with Crippen LogP contribution in [0.25, 0.3) is 0 Å². The third-order valence-electron chi connectivity index (χ3n) is 3.99. The van der Waals surface area contributed by atoms with Crippen LogP contribution < -0.4 is 15.4 Å². The van der Waals surface area contributed by atoms with Crippen molar-refractivity contribution in [2.24, 2.45) is 0 Å². The number of sulfonamides is 1. The van der Waals surface area contributed by atoms with Crippen LogP contribution in [0.1, 0.15) is 5.56 Å². The molecule has 0 saturated heterocycles. The monoisotopic (exact) mass is 453 g/mol. The molecule has 0 spiro atoms. The fourth-order valence-electron chi connectivity index (χ4n) is 2.54. The van der Waals surface area contributed by atoms with Crippen LogP contribution in [-0.4, -0.2) is 14.4 Å². The van der Waals surface area contributed by atoms with Gasteiger partial charge in [0.05, 0.1) is 16.1 Å². The SMILES string of the molecule is O=C(Nc1ccc(S(=O)(=O)Nc2cccc(C(F)(F)F)c2)cc1)Nc1ccccc1F. The fraction of sp³-hybridized carbons (Fsp3) is 0.0500. The van der Waals surface area contributed by atoms with E-state index in [2.05, 4.69) is 15.4 Å². The molecular formula is C20H15F4N3O3S.